The van der Waals surface area contributed by atoms with Gasteiger partial charge in [-0.3, -0.25) is 20.2 Å². The van der Waals surface area contributed by atoms with Gasteiger partial charge in [0.1, 0.15) is 0 Å². The summed E-state index contributed by atoms with van der Waals surface area (Å²) in [7, 11) is 0. The first-order valence-corrected chi connectivity index (χ1v) is 14.1. The van der Waals surface area contributed by atoms with Crippen LogP contribution in [-0.4, -0.2) is 86.7 Å². The first-order chi connectivity index (χ1) is 27.5. The molecular weight excluding hydrogens is 982 g/mol. The summed E-state index contributed by atoms with van der Waals surface area (Å²) in [6, 6.07) is -3.40. The standard InChI is InChI=1S/C25H8F26N2O10/c26-13(27,7-1-3-11(54)9(5-7)52(56)57)18(36,37)60-20(40,41)16(32,33)15(30,31)17(34,35)21(42,43)62-23(46,47)25(50,51)63-24(48,49)22(44,45)61-19(38,39)14(28,29)8-2-4-12(55)10(6-8)53(58)59/h1-6,54-55H. The lowest BCUT2D eigenvalue weighted by Crippen LogP contribution is -2.70. The summed E-state index contributed by atoms with van der Waals surface area (Å²) in [5.41, 5.74) is -9.45. The number of nitro groups is 2. The van der Waals surface area contributed by atoms with Crippen molar-refractivity contribution in [3.8, 4) is 11.5 Å². The van der Waals surface area contributed by atoms with Crippen LogP contribution < -0.4 is 0 Å². The molecule has 2 rings (SSSR count). The van der Waals surface area contributed by atoms with Crippen molar-refractivity contribution in [2.75, 3.05) is 0 Å². The monoisotopic (exact) mass is 990 g/mol. The van der Waals surface area contributed by atoms with Crippen molar-refractivity contribution in [3.05, 3.63) is 67.8 Å². The van der Waals surface area contributed by atoms with Gasteiger partial charge in [-0.15, -0.1) is 0 Å². The Morgan fingerprint density at radius 3 is 0.841 bits per heavy atom. The third-order valence-electron chi connectivity index (χ3n) is 7.02. The van der Waals surface area contributed by atoms with Crippen molar-refractivity contribution in [3.63, 3.8) is 0 Å². The Bertz CT molecular complexity index is 2060. The smallest absolute Gasteiger partial charge is 0.453 e. The number of nitro benzene ring substituents is 2. The van der Waals surface area contributed by atoms with Crippen LogP contribution in [0.5, 0.6) is 11.5 Å². The normalized spacial score (nSPS) is 15.1. The summed E-state index contributed by atoms with van der Waals surface area (Å²) in [6.45, 7) is 0. The largest absolute Gasteiger partial charge is 0.502 e. The molecule has 0 spiro atoms. The van der Waals surface area contributed by atoms with E-state index in [9.17, 15) is 134 Å². The number of hydrogen-bond donors (Lipinski definition) is 2. The molecule has 0 saturated carbocycles. The molecule has 0 aliphatic rings. The van der Waals surface area contributed by atoms with Crippen LogP contribution in [0.3, 0.4) is 0 Å². The van der Waals surface area contributed by atoms with Crippen LogP contribution in [0.2, 0.25) is 0 Å². The molecule has 2 aromatic rings. The van der Waals surface area contributed by atoms with Gasteiger partial charge in [0.2, 0.25) is 0 Å². The Morgan fingerprint density at radius 2 is 0.587 bits per heavy atom. The van der Waals surface area contributed by atoms with E-state index in [0.29, 0.717) is 0 Å². The zero-order chi connectivity index (χ0) is 50.2. The Balaban J connectivity index is 2.48. The van der Waals surface area contributed by atoms with Crippen LogP contribution >= 0.6 is 0 Å². The molecule has 0 unspecified atom stereocenters. The van der Waals surface area contributed by atoms with Gasteiger partial charge in [-0.2, -0.15) is 114 Å². The van der Waals surface area contributed by atoms with E-state index in [4.69, 9.17) is 10.2 Å². The molecule has 2 N–H and O–H groups in total. The van der Waals surface area contributed by atoms with Crippen LogP contribution in [0.4, 0.5) is 126 Å². The molecule has 0 aliphatic carbocycles. The molecule has 0 atom stereocenters. The summed E-state index contributed by atoms with van der Waals surface area (Å²) in [5.74, 6) is -44.2. The molecule has 0 bridgehead atoms. The number of hydrogen-bond acceptors (Lipinski definition) is 10. The van der Waals surface area contributed by atoms with Crippen LogP contribution in [0.25, 0.3) is 0 Å². The lowest BCUT2D eigenvalue weighted by molar-refractivity contribution is -0.575. The van der Waals surface area contributed by atoms with Crippen molar-refractivity contribution in [2.45, 2.75) is 78.5 Å². The zero-order valence-corrected chi connectivity index (χ0v) is 27.8. The molecule has 0 fully saturated rings. The highest BCUT2D eigenvalue weighted by molar-refractivity contribution is 5.49. The molecule has 2 aromatic carbocycles. The molecule has 0 radical (unpaired) electrons. The van der Waals surface area contributed by atoms with Crippen molar-refractivity contribution >= 4 is 11.4 Å². The maximum absolute atomic E-state index is 14.3. The van der Waals surface area contributed by atoms with Gasteiger partial charge >= 0.3 is 89.9 Å². The molecule has 38 heteroatoms. The second-order valence-corrected chi connectivity index (χ2v) is 11.3. The van der Waals surface area contributed by atoms with Gasteiger partial charge in [0.15, 0.2) is 11.5 Å². The third-order valence-corrected chi connectivity index (χ3v) is 7.02. The van der Waals surface area contributed by atoms with Gasteiger partial charge in [0, 0.05) is 23.3 Å². The van der Waals surface area contributed by atoms with Gasteiger partial charge in [0.05, 0.1) is 9.85 Å². The average molecular weight is 990 g/mol. The number of nitrogens with zero attached hydrogens (tertiary/aromatic N) is 2. The minimum Gasteiger partial charge on any atom is -0.502 e. The van der Waals surface area contributed by atoms with Gasteiger partial charge in [0.25, 0.3) is 0 Å². The lowest BCUT2D eigenvalue weighted by atomic mass is 10.0. The molecule has 0 saturated heterocycles. The van der Waals surface area contributed by atoms with Crippen LogP contribution in [0, 0.1) is 20.2 Å². The first kappa shape index (κ1) is 54.0. The molecule has 63 heavy (non-hydrogen) atoms. The highest BCUT2D eigenvalue weighted by atomic mass is 19.4. The van der Waals surface area contributed by atoms with Crippen molar-refractivity contribution in [1.29, 1.82) is 0 Å². The number of rotatable bonds is 20. The molecular formula is C25H8F26N2O10. The van der Waals surface area contributed by atoms with E-state index in [0.717, 1.165) is 4.74 Å². The Morgan fingerprint density at radius 1 is 0.365 bits per heavy atom. The van der Waals surface area contributed by atoms with Crippen LogP contribution in [0.1, 0.15) is 11.1 Å². The maximum Gasteiger partial charge on any atom is 0.453 e. The predicted octanol–water partition coefficient (Wildman–Crippen LogP) is 10.5. The summed E-state index contributed by atoms with van der Waals surface area (Å²) in [6.07, 6.45) is -65.6. The summed E-state index contributed by atoms with van der Waals surface area (Å²) >= 11 is 0. The fraction of sp³-hybridized carbons (Fsp3) is 0.520. The second kappa shape index (κ2) is 15.5. The fourth-order valence-corrected chi connectivity index (χ4v) is 3.77. The number of benzene rings is 2. The van der Waals surface area contributed by atoms with E-state index in [1.54, 1.807) is 4.74 Å². The van der Waals surface area contributed by atoms with Crippen LogP contribution in [-0.2, 0) is 30.8 Å². The minimum atomic E-state index is -9.21. The van der Waals surface area contributed by atoms with Crippen molar-refractivity contribution in [1.82, 2.24) is 0 Å². The SMILES string of the molecule is O=[N+]([O-])c1cc(C(F)(F)C(F)(F)OC(F)(F)C(F)(F)OC(F)(F)C(F)(F)OC(F)(F)C(F)(F)C(F)(F)C(F)(F)C(F)(F)OC(F)(F)C(F)(F)c2ccc(O)c([N+](=O)[O-])c2)ccc1O. The van der Waals surface area contributed by atoms with E-state index < -0.39 is 147 Å². The lowest BCUT2D eigenvalue weighted by Gasteiger charge is -2.41. The first-order valence-electron chi connectivity index (χ1n) is 14.1. The Labute approximate surface area is 323 Å². The van der Waals surface area contributed by atoms with E-state index in [1.807, 2.05) is 0 Å². The van der Waals surface area contributed by atoms with E-state index in [2.05, 4.69) is 0 Å². The predicted molar refractivity (Wildman–Crippen MR) is 136 cm³/mol. The molecule has 0 amide bonds. The second-order valence-electron chi connectivity index (χ2n) is 11.3. The third kappa shape index (κ3) is 9.14. The van der Waals surface area contributed by atoms with Crippen molar-refractivity contribution in [2.24, 2.45) is 0 Å². The molecule has 0 aromatic heterocycles. The van der Waals surface area contributed by atoms with Crippen LogP contribution in [0.15, 0.2) is 36.4 Å². The zero-order valence-electron chi connectivity index (χ0n) is 27.8. The molecule has 0 heterocycles. The maximum atomic E-state index is 14.3. The fourth-order valence-electron chi connectivity index (χ4n) is 3.77. The average Bonchev–Trinajstić information content (AvgIpc) is 3.05. The summed E-state index contributed by atoms with van der Waals surface area (Å²) in [5, 5.41) is 39.6. The summed E-state index contributed by atoms with van der Waals surface area (Å²) < 4.78 is 370. The quantitative estimate of drug-likeness (QED) is 0.0741. The molecule has 12 nitrogen and oxygen atoms in total. The van der Waals surface area contributed by atoms with Gasteiger partial charge < -0.3 is 10.2 Å². The van der Waals surface area contributed by atoms with E-state index in [-0.39, 0.29) is 12.1 Å². The minimum absolute atomic E-state index is 0.273. The number of ether oxygens (including phenoxy) is 4. The highest BCUT2D eigenvalue weighted by Gasteiger charge is 2.90. The number of phenolic OH excluding ortho intramolecular Hbond substituents is 2. The number of phenols is 2. The van der Waals surface area contributed by atoms with Gasteiger partial charge in [-0.25, -0.2) is 18.9 Å². The van der Waals surface area contributed by atoms with Crippen molar-refractivity contribution < 1.29 is 153 Å². The number of aromatic hydroxyl groups is 2. The van der Waals surface area contributed by atoms with E-state index >= 15 is 0 Å². The highest BCUT2D eigenvalue weighted by Crippen LogP contribution is 2.61. The Hall–Kier alpha value is -5.14. The van der Waals surface area contributed by atoms with E-state index in [1.165, 1.54) is 9.47 Å². The molecule has 360 valence electrons. The van der Waals surface area contributed by atoms with Gasteiger partial charge in [-0.05, 0) is 24.3 Å². The topological polar surface area (TPSA) is 164 Å². The van der Waals surface area contributed by atoms with Gasteiger partial charge in [-0.1, -0.05) is 0 Å². The number of alkyl halides is 26. The Kier molecular flexibility index (Phi) is 13.3. The number of halogens is 26. The molecule has 0 aliphatic heterocycles. The summed E-state index contributed by atoms with van der Waals surface area (Å²) in [4.78, 5) is 17.6.